The van der Waals surface area contributed by atoms with Gasteiger partial charge in [-0.2, -0.15) is 0 Å². The van der Waals surface area contributed by atoms with Gasteiger partial charge in [-0.3, -0.25) is 9.59 Å². The molecule has 5 nitrogen and oxygen atoms in total. The summed E-state index contributed by atoms with van der Waals surface area (Å²) < 4.78 is 0. The Labute approximate surface area is 114 Å². The van der Waals surface area contributed by atoms with Gasteiger partial charge in [-0.1, -0.05) is 19.3 Å². The molecular formula is C14H24N2O3. The monoisotopic (exact) mass is 268 g/mol. The minimum atomic E-state index is -0.365. The van der Waals surface area contributed by atoms with Crippen LogP contribution >= 0.6 is 0 Å². The van der Waals surface area contributed by atoms with Gasteiger partial charge >= 0.3 is 0 Å². The Morgan fingerprint density at radius 2 is 1.89 bits per heavy atom. The van der Waals surface area contributed by atoms with E-state index in [1.165, 1.54) is 6.42 Å². The third kappa shape index (κ3) is 3.93. The molecule has 1 saturated carbocycles. The fourth-order valence-electron chi connectivity index (χ4n) is 2.83. The molecule has 5 heteroatoms. The normalized spacial score (nSPS) is 22.7. The molecule has 108 valence electrons. The Bertz CT molecular complexity index is 334. The fraction of sp³-hybridized carbons (Fsp3) is 0.857. The minimum Gasteiger partial charge on any atom is -0.389 e. The third-order valence-corrected chi connectivity index (χ3v) is 4.06. The number of amides is 2. The zero-order chi connectivity index (χ0) is 13.8. The van der Waals surface area contributed by atoms with E-state index in [1.54, 1.807) is 4.90 Å². The molecule has 1 unspecified atom stereocenters. The molecule has 0 spiro atoms. The number of nitrogens with zero attached hydrogens (tertiary/aromatic N) is 1. The number of β-amino-alcohol motifs (C(OH)–C–C–N with tert-alkyl or cyclic N) is 1. The number of carbonyl (C=O) groups is 2. The van der Waals surface area contributed by atoms with Crippen molar-refractivity contribution in [2.24, 2.45) is 5.92 Å². The average molecular weight is 268 g/mol. The number of hydrogen-bond donors (Lipinski definition) is 2. The molecule has 0 radical (unpaired) electrons. The lowest BCUT2D eigenvalue weighted by Gasteiger charge is -2.36. The standard InChI is InChI=1S/C14H24N2O3/c1-10(7-13(18)16-8-12(17)9-16)15-14(19)11-5-3-2-4-6-11/h10-12,17H,2-9H2,1H3,(H,15,19). The Kier molecular flexibility index (Phi) is 4.80. The van der Waals surface area contributed by atoms with Gasteiger partial charge in [-0.15, -0.1) is 0 Å². The van der Waals surface area contributed by atoms with E-state index in [-0.39, 0.29) is 29.9 Å². The zero-order valence-corrected chi connectivity index (χ0v) is 11.6. The van der Waals surface area contributed by atoms with Crippen molar-refractivity contribution in [2.45, 2.75) is 57.6 Å². The number of likely N-dealkylation sites (tertiary alicyclic amines) is 1. The molecule has 2 N–H and O–H groups in total. The molecule has 19 heavy (non-hydrogen) atoms. The second-order valence-electron chi connectivity index (χ2n) is 5.90. The van der Waals surface area contributed by atoms with Crippen LogP contribution in [0.1, 0.15) is 45.4 Å². The number of rotatable bonds is 4. The SMILES string of the molecule is CC(CC(=O)N1CC(O)C1)NC(=O)C1CCCCC1. The second kappa shape index (κ2) is 6.37. The molecule has 1 aliphatic carbocycles. The van der Waals surface area contributed by atoms with Crippen LogP contribution in [0.2, 0.25) is 0 Å². The summed E-state index contributed by atoms with van der Waals surface area (Å²) in [7, 11) is 0. The lowest BCUT2D eigenvalue weighted by molar-refractivity contribution is -0.141. The van der Waals surface area contributed by atoms with Gasteiger partial charge in [0.25, 0.3) is 0 Å². The highest BCUT2D eigenvalue weighted by atomic mass is 16.3. The molecule has 0 bridgehead atoms. The van der Waals surface area contributed by atoms with Crippen LogP contribution in [0.5, 0.6) is 0 Å². The molecule has 2 rings (SSSR count). The smallest absolute Gasteiger partial charge is 0.224 e. The number of hydrogen-bond acceptors (Lipinski definition) is 3. The Morgan fingerprint density at radius 3 is 2.47 bits per heavy atom. The molecule has 1 heterocycles. The van der Waals surface area contributed by atoms with Crippen LogP contribution in [-0.4, -0.2) is 47.1 Å². The lowest BCUT2D eigenvalue weighted by Crippen LogP contribution is -2.54. The fourth-order valence-corrected chi connectivity index (χ4v) is 2.83. The highest BCUT2D eigenvalue weighted by Gasteiger charge is 2.30. The van der Waals surface area contributed by atoms with Crippen molar-refractivity contribution in [3.05, 3.63) is 0 Å². The summed E-state index contributed by atoms with van der Waals surface area (Å²) in [6.45, 7) is 2.74. The van der Waals surface area contributed by atoms with Gasteiger partial charge in [0.2, 0.25) is 11.8 Å². The first-order valence-electron chi connectivity index (χ1n) is 7.32. The number of carbonyl (C=O) groups excluding carboxylic acids is 2. The number of nitrogens with one attached hydrogen (secondary N) is 1. The van der Waals surface area contributed by atoms with Gasteiger partial charge in [0.1, 0.15) is 0 Å². The van der Waals surface area contributed by atoms with Crippen molar-refractivity contribution in [3.63, 3.8) is 0 Å². The minimum absolute atomic E-state index is 0.0155. The Balaban J connectivity index is 1.69. The molecule has 2 amide bonds. The van der Waals surface area contributed by atoms with Crippen LogP contribution < -0.4 is 5.32 Å². The van der Waals surface area contributed by atoms with Crippen molar-refractivity contribution in [2.75, 3.05) is 13.1 Å². The zero-order valence-electron chi connectivity index (χ0n) is 11.6. The van der Waals surface area contributed by atoms with Crippen LogP contribution in [0.3, 0.4) is 0 Å². The van der Waals surface area contributed by atoms with E-state index in [0.29, 0.717) is 19.5 Å². The number of aliphatic hydroxyl groups excluding tert-OH is 1. The highest BCUT2D eigenvalue weighted by Crippen LogP contribution is 2.23. The van der Waals surface area contributed by atoms with Gasteiger partial charge in [0, 0.05) is 31.5 Å². The van der Waals surface area contributed by atoms with Crippen LogP contribution in [0, 0.1) is 5.92 Å². The van der Waals surface area contributed by atoms with E-state index in [1.807, 2.05) is 6.92 Å². The van der Waals surface area contributed by atoms with E-state index in [2.05, 4.69) is 5.32 Å². The first kappa shape index (κ1) is 14.3. The highest BCUT2D eigenvalue weighted by molar-refractivity contribution is 5.81. The van der Waals surface area contributed by atoms with E-state index in [9.17, 15) is 9.59 Å². The van der Waals surface area contributed by atoms with Crippen molar-refractivity contribution in [3.8, 4) is 0 Å². The summed E-state index contributed by atoms with van der Waals surface area (Å²) in [5, 5.41) is 12.1. The van der Waals surface area contributed by atoms with Crippen molar-refractivity contribution in [1.29, 1.82) is 0 Å². The van der Waals surface area contributed by atoms with Crippen LogP contribution in [0.25, 0.3) is 0 Å². The number of aliphatic hydroxyl groups is 1. The van der Waals surface area contributed by atoms with Crippen molar-refractivity contribution >= 4 is 11.8 Å². The first-order valence-corrected chi connectivity index (χ1v) is 7.32. The van der Waals surface area contributed by atoms with Gasteiger partial charge in [0.15, 0.2) is 0 Å². The van der Waals surface area contributed by atoms with Gasteiger partial charge in [0.05, 0.1) is 6.10 Å². The largest absolute Gasteiger partial charge is 0.389 e. The molecule has 0 aromatic carbocycles. The van der Waals surface area contributed by atoms with Crippen molar-refractivity contribution < 1.29 is 14.7 Å². The van der Waals surface area contributed by atoms with E-state index < -0.39 is 0 Å². The molecule has 1 atom stereocenters. The maximum absolute atomic E-state index is 12.0. The van der Waals surface area contributed by atoms with Gasteiger partial charge < -0.3 is 15.3 Å². The van der Waals surface area contributed by atoms with E-state index in [4.69, 9.17) is 5.11 Å². The molecule has 2 aliphatic rings. The van der Waals surface area contributed by atoms with Gasteiger partial charge in [-0.25, -0.2) is 0 Å². The summed E-state index contributed by atoms with van der Waals surface area (Å²) >= 11 is 0. The quantitative estimate of drug-likeness (QED) is 0.787. The summed E-state index contributed by atoms with van der Waals surface area (Å²) in [4.78, 5) is 25.5. The average Bonchev–Trinajstić information content (AvgIpc) is 2.35. The van der Waals surface area contributed by atoms with Crippen molar-refractivity contribution in [1.82, 2.24) is 10.2 Å². The van der Waals surface area contributed by atoms with Crippen LogP contribution in [0.15, 0.2) is 0 Å². The van der Waals surface area contributed by atoms with Crippen LogP contribution in [-0.2, 0) is 9.59 Å². The Morgan fingerprint density at radius 1 is 1.26 bits per heavy atom. The van der Waals surface area contributed by atoms with Crippen LogP contribution in [0.4, 0.5) is 0 Å². The maximum atomic E-state index is 12.0. The maximum Gasteiger partial charge on any atom is 0.224 e. The lowest BCUT2D eigenvalue weighted by atomic mass is 9.88. The third-order valence-electron chi connectivity index (χ3n) is 4.06. The predicted octanol–water partition coefficient (Wildman–Crippen LogP) is 0.665. The summed E-state index contributed by atoms with van der Waals surface area (Å²) in [6, 6.07) is -0.125. The predicted molar refractivity (Wildman–Crippen MR) is 71.4 cm³/mol. The summed E-state index contributed by atoms with van der Waals surface area (Å²) in [5.41, 5.74) is 0. The molecule has 0 aromatic rings. The summed E-state index contributed by atoms with van der Waals surface area (Å²) in [6.07, 6.45) is 5.42. The molecule has 0 aromatic heterocycles. The topological polar surface area (TPSA) is 69.6 Å². The molecule has 1 aliphatic heterocycles. The van der Waals surface area contributed by atoms with E-state index in [0.717, 1.165) is 25.7 Å². The molecular weight excluding hydrogens is 244 g/mol. The Hall–Kier alpha value is -1.10. The first-order chi connectivity index (χ1) is 9.06. The molecule has 2 fully saturated rings. The van der Waals surface area contributed by atoms with E-state index >= 15 is 0 Å². The summed E-state index contributed by atoms with van der Waals surface area (Å²) in [5.74, 6) is 0.252. The second-order valence-corrected chi connectivity index (χ2v) is 5.90. The molecule has 1 saturated heterocycles. The van der Waals surface area contributed by atoms with Gasteiger partial charge in [-0.05, 0) is 19.8 Å².